The molecule has 1 fully saturated rings. The summed E-state index contributed by atoms with van der Waals surface area (Å²) in [6.07, 6.45) is 4.46. The molecule has 94 valence electrons. The molecule has 0 aliphatic heterocycles. The van der Waals surface area contributed by atoms with E-state index in [9.17, 15) is 4.39 Å². The van der Waals surface area contributed by atoms with Gasteiger partial charge in [0.05, 0.1) is 11.4 Å². The lowest BCUT2D eigenvalue weighted by atomic mass is 10.3. The van der Waals surface area contributed by atoms with E-state index in [0.29, 0.717) is 10.5 Å². The smallest absolute Gasteiger partial charge is 0.207 e. The number of rotatable bonds is 3. The van der Waals surface area contributed by atoms with E-state index in [1.165, 1.54) is 25.0 Å². The molecule has 1 aromatic carbocycles. The number of halogens is 2. The lowest BCUT2D eigenvalue weighted by Gasteiger charge is -2.10. The minimum atomic E-state index is -0.255. The molecule has 0 spiro atoms. The van der Waals surface area contributed by atoms with E-state index in [2.05, 4.69) is 37.0 Å². The molecule has 0 saturated heterocycles. The van der Waals surface area contributed by atoms with Crippen molar-refractivity contribution in [3.63, 3.8) is 0 Å². The maximum atomic E-state index is 13.0. The molecule has 3 nitrogen and oxygen atoms in total. The number of benzene rings is 1. The van der Waals surface area contributed by atoms with Gasteiger partial charge in [-0.25, -0.2) is 9.37 Å². The number of hydrogen-bond acceptors (Lipinski definition) is 2. The summed E-state index contributed by atoms with van der Waals surface area (Å²) in [7, 11) is 0. The predicted molar refractivity (Wildman–Crippen MR) is 72.6 cm³/mol. The van der Waals surface area contributed by atoms with Gasteiger partial charge in [0.25, 0.3) is 0 Å². The Bertz CT molecular complexity index is 590. The summed E-state index contributed by atoms with van der Waals surface area (Å²) >= 11 is 3.35. The Hall–Kier alpha value is -1.36. The van der Waals surface area contributed by atoms with Crippen LogP contribution in [-0.2, 0) is 0 Å². The fourth-order valence-corrected chi connectivity index (χ4v) is 2.40. The molecule has 0 unspecified atom stereocenters. The summed E-state index contributed by atoms with van der Waals surface area (Å²) in [6, 6.07) is 5.15. The average molecular weight is 310 g/mol. The zero-order valence-corrected chi connectivity index (χ0v) is 11.5. The van der Waals surface area contributed by atoms with Crippen LogP contribution in [0.15, 0.2) is 28.9 Å². The molecule has 0 amide bonds. The number of aromatic nitrogens is 2. The summed E-state index contributed by atoms with van der Waals surface area (Å²) in [5.74, 6) is 0.566. The quantitative estimate of drug-likeness (QED) is 0.922. The third kappa shape index (κ3) is 2.27. The van der Waals surface area contributed by atoms with Crippen molar-refractivity contribution >= 4 is 27.6 Å². The molecule has 18 heavy (non-hydrogen) atoms. The highest BCUT2D eigenvalue weighted by Crippen LogP contribution is 2.38. The van der Waals surface area contributed by atoms with Crippen LogP contribution in [0.5, 0.6) is 0 Å². The molecule has 1 aromatic heterocycles. The normalized spacial score (nSPS) is 14.8. The van der Waals surface area contributed by atoms with Crippen LogP contribution in [0, 0.1) is 12.7 Å². The fourth-order valence-electron chi connectivity index (χ4n) is 1.95. The number of imidazole rings is 1. The van der Waals surface area contributed by atoms with Crippen LogP contribution < -0.4 is 5.32 Å². The largest absolute Gasteiger partial charge is 0.325 e. The van der Waals surface area contributed by atoms with Crippen molar-refractivity contribution in [1.82, 2.24) is 9.55 Å². The van der Waals surface area contributed by atoms with E-state index >= 15 is 0 Å². The number of nitrogens with one attached hydrogen (secondary N) is 1. The Morgan fingerprint density at radius 1 is 1.44 bits per heavy atom. The van der Waals surface area contributed by atoms with Gasteiger partial charge in [-0.15, -0.1) is 0 Å². The monoisotopic (exact) mass is 309 g/mol. The molecule has 1 saturated carbocycles. The van der Waals surface area contributed by atoms with Gasteiger partial charge in [-0.2, -0.15) is 0 Å². The summed E-state index contributed by atoms with van der Waals surface area (Å²) in [5.41, 5.74) is 1.81. The summed E-state index contributed by atoms with van der Waals surface area (Å²) in [6.45, 7) is 1.98. The number of nitrogens with zero attached hydrogens (tertiary/aromatic N) is 2. The fraction of sp³-hybridized carbons (Fsp3) is 0.308. The van der Waals surface area contributed by atoms with E-state index in [-0.39, 0.29) is 5.82 Å². The van der Waals surface area contributed by atoms with E-state index in [0.717, 1.165) is 17.3 Å². The topological polar surface area (TPSA) is 29.9 Å². The lowest BCUT2D eigenvalue weighted by Crippen LogP contribution is -2.01. The molecular weight excluding hydrogens is 297 g/mol. The third-order valence-electron chi connectivity index (χ3n) is 2.97. The van der Waals surface area contributed by atoms with Crippen molar-refractivity contribution in [2.45, 2.75) is 25.8 Å². The van der Waals surface area contributed by atoms with Gasteiger partial charge in [0.1, 0.15) is 5.82 Å². The van der Waals surface area contributed by atoms with Crippen LogP contribution in [0.1, 0.15) is 24.6 Å². The van der Waals surface area contributed by atoms with Crippen LogP contribution in [0.2, 0.25) is 0 Å². The van der Waals surface area contributed by atoms with Crippen molar-refractivity contribution in [2.75, 3.05) is 5.32 Å². The van der Waals surface area contributed by atoms with Crippen LogP contribution >= 0.6 is 15.9 Å². The maximum Gasteiger partial charge on any atom is 0.207 e. The van der Waals surface area contributed by atoms with Gasteiger partial charge >= 0.3 is 0 Å². The molecule has 1 heterocycles. The molecule has 1 N–H and O–H groups in total. The Kier molecular flexibility index (Phi) is 2.86. The van der Waals surface area contributed by atoms with Crippen LogP contribution in [0.4, 0.5) is 16.0 Å². The number of aryl methyl sites for hydroxylation is 1. The Balaban J connectivity index is 1.91. The molecule has 3 rings (SSSR count). The second-order valence-electron chi connectivity index (χ2n) is 4.59. The first-order chi connectivity index (χ1) is 8.63. The Morgan fingerprint density at radius 2 is 2.22 bits per heavy atom. The molecule has 0 atom stereocenters. The highest BCUT2D eigenvalue weighted by Gasteiger charge is 2.26. The van der Waals surface area contributed by atoms with Gasteiger partial charge in [0, 0.05) is 16.7 Å². The zero-order valence-electron chi connectivity index (χ0n) is 9.95. The van der Waals surface area contributed by atoms with E-state index in [4.69, 9.17) is 0 Å². The minimum absolute atomic E-state index is 0.255. The van der Waals surface area contributed by atoms with Crippen molar-refractivity contribution in [3.05, 3.63) is 40.4 Å². The molecule has 1 aliphatic carbocycles. The van der Waals surface area contributed by atoms with Gasteiger partial charge in [-0.05, 0) is 53.9 Å². The average Bonchev–Trinajstić information content (AvgIpc) is 3.08. The summed E-state index contributed by atoms with van der Waals surface area (Å²) < 4.78 is 15.9. The highest BCUT2D eigenvalue weighted by atomic mass is 79.9. The predicted octanol–water partition coefficient (Wildman–Crippen LogP) is 4.17. The molecular formula is C13H13BrFN3. The Morgan fingerprint density at radius 3 is 2.89 bits per heavy atom. The maximum absolute atomic E-state index is 13.0. The first-order valence-corrected chi connectivity index (χ1v) is 6.70. The number of hydrogen-bond donors (Lipinski definition) is 1. The van der Waals surface area contributed by atoms with E-state index < -0.39 is 0 Å². The van der Waals surface area contributed by atoms with Crippen LogP contribution in [-0.4, -0.2) is 9.55 Å². The standard InChI is InChI=1S/C13H13BrFN3/c1-8-7-18(10-3-4-10)13(16-8)17-12-5-2-9(15)6-11(12)14/h2,5-7,10H,3-4H2,1H3,(H,16,17). The molecule has 5 heteroatoms. The zero-order chi connectivity index (χ0) is 12.7. The molecule has 1 aliphatic rings. The highest BCUT2D eigenvalue weighted by molar-refractivity contribution is 9.10. The Labute approximate surface area is 113 Å². The van der Waals surface area contributed by atoms with Gasteiger partial charge in [0.15, 0.2) is 0 Å². The van der Waals surface area contributed by atoms with Crippen LogP contribution in [0.3, 0.4) is 0 Å². The van der Waals surface area contributed by atoms with Crippen molar-refractivity contribution in [3.8, 4) is 0 Å². The van der Waals surface area contributed by atoms with Crippen molar-refractivity contribution in [1.29, 1.82) is 0 Å². The van der Waals surface area contributed by atoms with Crippen molar-refractivity contribution in [2.24, 2.45) is 0 Å². The van der Waals surface area contributed by atoms with E-state index in [1.807, 2.05) is 6.92 Å². The lowest BCUT2D eigenvalue weighted by molar-refractivity contribution is 0.627. The summed E-state index contributed by atoms with van der Waals surface area (Å²) in [5, 5.41) is 3.25. The van der Waals surface area contributed by atoms with Gasteiger partial charge in [-0.1, -0.05) is 0 Å². The first-order valence-electron chi connectivity index (χ1n) is 5.91. The van der Waals surface area contributed by atoms with Crippen molar-refractivity contribution < 1.29 is 4.39 Å². The second-order valence-corrected chi connectivity index (χ2v) is 5.45. The van der Waals surface area contributed by atoms with E-state index in [1.54, 1.807) is 6.07 Å². The molecule has 0 bridgehead atoms. The second kappa shape index (κ2) is 4.39. The molecule has 0 radical (unpaired) electrons. The first kappa shape index (κ1) is 11.7. The third-order valence-corrected chi connectivity index (χ3v) is 3.63. The van der Waals surface area contributed by atoms with Gasteiger partial charge in [-0.3, -0.25) is 0 Å². The molecule has 2 aromatic rings. The van der Waals surface area contributed by atoms with Crippen LogP contribution in [0.25, 0.3) is 0 Å². The number of anilines is 2. The van der Waals surface area contributed by atoms with Gasteiger partial charge < -0.3 is 9.88 Å². The minimum Gasteiger partial charge on any atom is -0.325 e. The van der Waals surface area contributed by atoms with Gasteiger partial charge in [0.2, 0.25) is 5.95 Å². The summed E-state index contributed by atoms with van der Waals surface area (Å²) in [4.78, 5) is 4.47. The SMILES string of the molecule is Cc1cn(C2CC2)c(Nc2ccc(F)cc2Br)n1.